The lowest BCUT2D eigenvalue weighted by Crippen LogP contribution is -2.07. The maximum atomic E-state index is 13.1. The molecule has 0 saturated heterocycles. The minimum Gasteiger partial charge on any atom is -0.322 e. The quantitative estimate of drug-likeness (QED) is 0.910. The standard InChI is InChI=1S/C12H12F2N2S/c1-2-10(15)12-16-11(6-17-12)7-3-8(13)5-9(14)4-7/h3-6,10H,2,15H2,1H3. The van der Waals surface area contributed by atoms with Gasteiger partial charge in [0, 0.05) is 17.0 Å². The number of nitrogens with two attached hydrogens (primary N) is 1. The third kappa shape index (κ3) is 2.68. The van der Waals surface area contributed by atoms with Crippen molar-refractivity contribution in [2.45, 2.75) is 19.4 Å². The first-order valence-corrected chi connectivity index (χ1v) is 6.15. The van der Waals surface area contributed by atoms with Crippen LogP contribution in [0.4, 0.5) is 8.78 Å². The summed E-state index contributed by atoms with van der Waals surface area (Å²) in [5.74, 6) is -1.20. The Hall–Kier alpha value is -1.33. The average molecular weight is 254 g/mol. The zero-order valence-corrected chi connectivity index (χ0v) is 10.1. The van der Waals surface area contributed by atoms with Crippen LogP contribution in [0.25, 0.3) is 11.3 Å². The summed E-state index contributed by atoms with van der Waals surface area (Å²) in [6.45, 7) is 1.97. The molecule has 0 amide bonds. The Morgan fingerprint density at radius 3 is 2.53 bits per heavy atom. The van der Waals surface area contributed by atoms with Crippen LogP contribution in [0.2, 0.25) is 0 Å². The first kappa shape index (κ1) is 12.1. The van der Waals surface area contributed by atoms with Crippen LogP contribution in [0, 0.1) is 11.6 Å². The van der Waals surface area contributed by atoms with E-state index in [-0.39, 0.29) is 6.04 Å². The summed E-state index contributed by atoms with van der Waals surface area (Å²) in [5.41, 5.74) is 6.85. The molecule has 0 radical (unpaired) electrons. The molecule has 90 valence electrons. The highest BCUT2D eigenvalue weighted by Crippen LogP contribution is 2.26. The van der Waals surface area contributed by atoms with E-state index in [9.17, 15) is 8.78 Å². The van der Waals surface area contributed by atoms with Crippen LogP contribution in [-0.4, -0.2) is 4.98 Å². The van der Waals surface area contributed by atoms with Crippen LogP contribution in [-0.2, 0) is 0 Å². The molecule has 2 N–H and O–H groups in total. The van der Waals surface area contributed by atoms with E-state index in [0.29, 0.717) is 11.3 Å². The van der Waals surface area contributed by atoms with Gasteiger partial charge in [0.05, 0.1) is 11.7 Å². The molecule has 0 spiro atoms. The van der Waals surface area contributed by atoms with Gasteiger partial charge in [-0.05, 0) is 18.6 Å². The van der Waals surface area contributed by atoms with Gasteiger partial charge in [-0.25, -0.2) is 13.8 Å². The van der Waals surface area contributed by atoms with E-state index < -0.39 is 11.6 Å². The van der Waals surface area contributed by atoms with Gasteiger partial charge in [-0.3, -0.25) is 0 Å². The van der Waals surface area contributed by atoms with Crippen LogP contribution in [0.5, 0.6) is 0 Å². The van der Waals surface area contributed by atoms with Crippen LogP contribution in [0.15, 0.2) is 23.6 Å². The molecule has 2 nitrogen and oxygen atoms in total. The van der Waals surface area contributed by atoms with Crippen molar-refractivity contribution >= 4 is 11.3 Å². The van der Waals surface area contributed by atoms with Crippen molar-refractivity contribution in [3.63, 3.8) is 0 Å². The summed E-state index contributed by atoms with van der Waals surface area (Å²) < 4.78 is 26.1. The Morgan fingerprint density at radius 2 is 1.94 bits per heavy atom. The van der Waals surface area contributed by atoms with E-state index in [0.717, 1.165) is 17.5 Å². The minimum atomic E-state index is -0.602. The normalized spacial score (nSPS) is 12.7. The van der Waals surface area contributed by atoms with Crippen molar-refractivity contribution < 1.29 is 8.78 Å². The molecular weight excluding hydrogens is 242 g/mol. The maximum Gasteiger partial charge on any atom is 0.126 e. The lowest BCUT2D eigenvalue weighted by Gasteiger charge is -2.02. The second kappa shape index (κ2) is 4.89. The molecule has 0 fully saturated rings. The van der Waals surface area contributed by atoms with E-state index in [1.54, 1.807) is 5.38 Å². The summed E-state index contributed by atoms with van der Waals surface area (Å²) in [7, 11) is 0. The van der Waals surface area contributed by atoms with Crippen LogP contribution < -0.4 is 5.73 Å². The number of halogens is 2. The van der Waals surface area contributed by atoms with Gasteiger partial charge in [0.25, 0.3) is 0 Å². The van der Waals surface area contributed by atoms with Gasteiger partial charge < -0.3 is 5.73 Å². The molecule has 0 aliphatic carbocycles. The molecule has 1 aromatic carbocycles. The molecule has 2 aromatic rings. The van der Waals surface area contributed by atoms with Gasteiger partial charge in [0.2, 0.25) is 0 Å². The smallest absolute Gasteiger partial charge is 0.126 e. The number of hydrogen-bond acceptors (Lipinski definition) is 3. The number of benzene rings is 1. The third-order valence-corrected chi connectivity index (χ3v) is 3.41. The highest BCUT2D eigenvalue weighted by atomic mass is 32.1. The fourth-order valence-electron chi connectivity index (χ4n) is 1.47. The molecule has 0 aliphatic heterocycles. The molecule has 17 heavy (non-hydrogen) atoms. The van der Waals surface area contributed by atoms with E-state index in [1.807, 2.05) is 6.92 Å². The predicted octanol–water partition coefficient (Wildman–Crippen LogP) is 3.50. The Bertz CT molecular complexity index is 505. The van der Waals surface area contributed by atoms with E-state index >= 15 is 0 Å². The van der Waals surface area contributed by atoms with Crippen molar-refractivity contribution in [1.29, 1.82) is 0 Å². The molecule has 1 heterocycles. The molecule has 0 aliphatic rings. The largest absolute Gasteiger partial charge is 0.322 e. The Kier molecular flexibility index (Phi) is 3.49. The second-order valence-electron chi connectivity index (χ2n) is 3.74. The topological polar surface area (TPSA) is 38.9 Å². The van der Waals surface area contributed by atoms with Gasteiger partial charge >= 0.3 is 0 Å². The molecule has 0 bridgehead atoms. The third-order valence-electron chi connectivity index (χ3n) is 2.44. The van der Waals surface area contributed by atoms with E-state index in [2.05, 4.69) is 4.98 Å². The monoisotopic (exact) mass is 254 g/mol. The molecule has 1 unspecified atom stereocenters. The lowest BCUT2D eigenvalue weighted by atomic mass is 10.1. The Balaban J connectivity index is 2.36. The van der Waals surface area contributed by atoms with Crippen molar-refractivity contribution in [3.8, 4) is 11.3 Å². The van der Waals surface area contributed by atoms with Gasteiger partial charge in [-0.15, -0.1) is 11.3 Å². The number of aromatic nitrogens is 1. The Morgan fingerprint density at radius 1 is 1.29 bits per heavy atom. The lowest BCUT2D eigenvalue weighted by molar-refractivity contribution is 0.584. The highest BCUT2D eigenvalue weighted by Gasteiger charge is 2.11. The van der Waals surface area contributed by atoms with Crippen molar-refractivity contribution in [2.75, 3.05) is 0 Å². The van der Waals surface area contributed by atoms with E-state index in [1.165, 1.54) is 23.5 Å². The number of rotatable bonds is 3. The first-order valence-electron chi connectivity index (χ1n) is 5.27. The number of hydrogen-bond donors (Lipinski definition) is 1. The maximum absolute atomic E-state index is 13.1. The summed E-state index contributed by atoms with van der Waals surface area (Å²) in [5, 5.41) is 2.55. The molecule has 1 aromatic heterocycles. The fourth-order valence-corrected chi connectivity index (χ4v) is 2.38. The zero-order valence-electron chi connectivity index (χ0n) is 9.28. The molecule has 0 saturated carbocycles. The van der Waals surface area contributed by atoms with Crippen molar-refractivity contribution in [3.05, 3.63) is 40.2 Å². The predicted molar refractivity (Wildman–Crippen MR) is 64.7 cm³/mol. The summed E-state index contributed by atoms with van der Waals surface area (Å²) in [6, 6.07) is 3.25. The van der Waals surface area contributed by atoms with Crippen LogP contribution >= 0.6 is 11.3 Å². The summed E-state index contributed by atoms with van der Waals surface area (Å²) in [4.78, 5) is 4.29. The number of thiazole rings is 1. The van der Waals surface area contributed by atoms with E-state index in [4.69, 9.17) is 5.73 Å². The van der Waals surface area contributed by atoms with Gasteiger partial charge in [0.15, 0.2) is 0 Å². The van der Waals surface area contributed by atoms with Gasteiger partial charge in [-0.1, -0.05) is 6.92 Å². The molecular formula is C12H12F2N2S. The van der Waals surface area contributed by atoms with Crippen molar-refractivity contribution in [2.24, 2.45) is 5.73 Å². The summed E-state index contributed by atoms with van der Waals surface area (Å²) >= 11 is 1.41. The number of nitrogens with zero attached hydrogens (tertiary/aromatic N) is 1. The van der Waals surface area contributed by atoms with Gasteiger partial charge in [-0.2, -0.15) is 0 Å². The zero-order chi connectivity index (χ0) is 12.4. The average Bonchev–Trinajstić information content (AvgIpc) is 2.76. The second-order valence-corrected chi connectivity index (χ2v) is 4.63. The van der Waals surface area contributed by atoms with Crippen LogP contribution in [0.1, 0.15) is 24.4 Å². The van der Waals surface area contributed by atoms with Crippen molar-refractivity contribution in [1.82, 2.24) is 4.98 Å². The van der Waals surface area contributed by atoms with Gasteiger partial charge in [0.1, 0.15) is 16.6 Å². The summed E-state index contributed by atoms with van der Waals surface area (Å²) in [6.07, 6.45) is 0.782. The Labute approximate surface area is 102 Å². The molecule has 2 rings (SSSR count). The van der Waals surface area contributed by atoms with Crippen LogP contribution in [0.3, 0.4) is 0 Å². The SMILES string of the molecule is CCC(N)c1nc(-c2cc(F)cc(F)c2)cs1. The molecule has 1 atom stereocenters. The first-order chi connectivity index (χ1) is 8.10. The highest BCUT2D eigenvalue weighted by molar-refractivity contribution is 7.10. The fraction of sp³-hybridized carbons (Fsp3) is 0.250. The minimum absolute atomic E-state index is 0.118. The molecule has 5 heteroatoms.